The zero-order valence-electron chi connectivity index (χ0n) is 28.5. The number of aliphatic hydroxyl groups is 4. The first kappa shape index (κ1) is 39.0. The number of ether oxygens (including phenoxy) is 2. The third-order valence-corrected chi connectivity index (χ3v) is 11.5. The van der Waals surface area contributed by atoms with Crippen molar-refractivity contribution in [3.05, 3.63) is 77.1 Å². The molecule has 3 atom stereocenters. The second-order valence-electron chi connectivity index (χ2n) is 13.4. The Kier molecular flexibility index (Phi) is 14.0. The Hall–Kier alpha value is -2.26. The number of halogens is 1. The molecule has 0 amide bonds. The zero-order chi connectivity index (χ0) is 35.7. The predicted octanol–water partition coefficient (Wildman–Crippen LogP) is 4.83. The Morgan fingerprint density at radius 2 is 1.82 bits per heavy atom. The molecule has 4 N–H and O–H groups in total. The van der Waals surface area contributed by atoms with Gasteiger partial charge in [0.1, 0.15) is 21.7 Å². The molecule has 0 radical (unpaired) electrons. The quantitative estimate of drug-likeness (QED) is 0.0827. The molecule has 2 aliphatic rings. The van der Waals surface area contributed by atoms with E-state index in [0.29, 0.717) is 24.3 Å². The minimum Gasteiger partial charge on any atom is -0.490 e. The van der Waals surface area contributed by atoms with Gasteiger partial charge >= 0.3 is 0 Å². The van der Waals surface area contributed by atoms with Crippen LogP contribution in [-0.2, 0) is 26.8 Å². The molecule has 274 valence electrons. The summed E-state index contributed by atoms with van der Waals surface area (Å²) in [7, 11) is -3.23. The second-order valence-corrected chi connectivity index (χ2v) is 17.2. The SMILES string of the molecule is CS(=O)(=O)CCN(CCCCSc1ccc(Cl)c(COC2(c3cnccc3-c3ccccc3OC3CC3)CC2)c1)CC(O)C(O)C(O)CCO. The van der Waals surface area contributed by atoms with Gasteiger partial charge in [-0.15, -0.1) is 11.8 Å². The highest BCUT2D eigenvalue weighted by atomic mass is 35.5. The highest BCUT2D eigenvalue weighted by molar-refractivity contribution is 7.99. The van der Waals surface area contributed by atoms with E-state index in [0.717, 1.165) is 83.4 Å². The Balaban J connectivity index is 1.15. The molecule has 5 rings (SSSR count). The van der Waals surface area contributed by atoms with Gasteiger partial charge in [-0.2, -0.15) is 0 Å². The van der Waals surface area contributed by atoms with Gasteiger partial charge in [-0.1, -0.05) is 29.8 Å². The van der Waals surface area contributed by atoms with E-state index in [1.807, 2.05) is 48.8 Å². The molecule has 1 heterocycles. The first-order valence-electron chi connectivity index (χ1n) is 17.3. The van der Waals surface area contributed by atoms with E-state index >= 15 is 0 Å². The Labute approximate surface area is 304 Å². The van der Waals surface area contributed by atoms with Crippen LogP contribution in [0.15, 0.2) is 65.8 Å². The molecule has 0 aliphatic heterocycles. The topological polar surface area (TPSA) is 150 Å². The summed E-state index contributed by atoms with van der Waals surface area (Å²) in [6, 6.07) is 16.2. The average molecular weight is 749 g/mol. The number of hydrogen-bond acceptors (Lipinski definition) is 11. The summed E-state index contributed by atoms with van der Waals surface area (Å²) in [5.74, 6) is 1.62. The van der Waals surface area contributed by atoms with E-state index in [2.05, 4.69) is 17.1 Å². The molecule has 3 aromatic rings. The van der Waals surface area contributed by atoms with Crippen LogP contribution in [0.4, 0.5) is 0 Å². The van der Waals surface area contributed by atoms with Crippen LogP contribution in [0, 0.1) is 0 Å². The van der Waals surface area contributed by atoms with Crippen molar-refractivity contribution < 1.29 is 38.3 Å². The molecule has 0 bridgehead atoms. The van der Waals surface area contributed by atoms with Crippen molar-refractivity contribution in [2.24, 2.45) is 0 Å². The normalized spacial score (nSPS) is 17.4. The van der Waals surface area contributed by atoms with Crippen LogP contribution in [0.2, 0.25) is 5.02 Å². The largest absolute Gasteiger partial charge is 0.490 e. The molecule has 13 heteroatoms. The van der Waals surface area contributed by atoms with Crippen LogP contribution < -0.4 is 4.74 Å². The molecule has 10 nitrogen and oxygen atoms in total. The maximum Gasteiger partial charge on any atom is 0.148 e. The summed E-state index contributed by atoms with van der Waals surface area (Å²) < 4.78 is 36.5. The molecular formula is C37H49ClN2O8S2. The van der Waals surface area contributed by atoms with Crippen LogP contribution in [0.25, 0.3) is 11.1 Å². The number of unbranched alkanes of at least 4 members (excludes halogenated alkanes) is 1. The molecule has 50 heavy (non-hydrogen) atoms. The molecular weight excluding hydrogens is 700 g/mol. The van der Waals surface area contributed by atoms with E-state index < -0.39 is 33.8 Å². The predicted molar refractivity (Wildman–Crippen MR) is 196 cm³/mol. The minimum absolute atomic E-state index is 0.00957. The third-order valence-electron chi connectivity index (χ3n) is 9.11. The Morgan fingerprint density at radius 1 is 1.04 bits per heavy atom. The van der Waals surface area contributed by atoms with Gasteiger partial charge in [0, 0.05) is 59.4 Å². The van der Waals surface area contributed by atoms with Gasteiger partial charge in [0.2, 0.25) is 0 Å². The second kappa shape index (κ2) is 18.0. The molecule has 0 spiro atoms. The number of pyridine rings is 1. The first-order chi connectivity index (χ1) is 24.0. The van der Waals surface area contributed by atoms with Crippen molar-refractivity contribution in [3.63, 3.8) is 0 Å². The molecule has 1 aromatic heterocycles. The number of aliphatic hydroxyl groups excluding tert-OH is 4. The zero-order valence-corrected chi connectivity index (χ0v) is 30.9. The van der Waals surface area contributed by atoms with Crippen LogP contribution in [0.5, 0.6) is 5.75 Å². The number of benzene rings is 2. The van der Waals surface area contributed by atoms with E-state index in [1.54, 1.807) is 16.7 Å². The van der Waals surface area contributed by atoms with E-state index in [1.165, 1.54) is 0 Å². The molecule has 2 aliphatic carbocycles. The summed E-state index contributed by atoms with van der Waals surface area (Å²) >= 11 is 8.34. The Morgan fingerprint density at radius 3 is 2.54 bits per heavy atom. The van der Waals surface area contributed by atoms with Crippen molar-refractivity contribution in [1.82, 2.24) is 9.88 Å². The summed E-state index contributed by atoms with van der Waals surface area (Å²) in [6.07, 6.45) is 6.67. The maximum atomic E-state index is 11.8. The van der Waals surface area contributed by atoms with Gasteiger partial charge in [-0.25, -0.2) is 8.42 Å². The third kappa shape index (κ3) is 11.4. The lowest BCUT2D eigenvalue weighted by Gasteiger charge is -2.29. The smallest absolute Gasteiger partial charge is 0.148 e. The minimum atomic E-state index is -3.23. The standard InChI is InChI=1S/C37H49ClN2O8S2/c1-50(45,46)21-18-40(24-34(43)36(44)33(42)13-19-41)17-4-5-20-49-28-10-11-32(38)26(22-28)25-47-37(14-15-37)31-23-39-16-12-29(31)30-6-2-3-7-35(30)48-27-8-9-27/h2-3,6-7,10-12,16,22-23,27,33-34,36,41-44H,4-5,8-9,13-15,17-21,24-25H2,1H3. The lowest BCUT2D eigenvalue weighted by Crippen LogP contribution is -2.46. The summed E-state index contributed by atoms with van der Waals surface area (Å²) in [5.41, 5.74) is 3.65. The lowest BCUT2D eigenvalue weighted by atomic mass is 9.96. The lowest BCUT2D eigenvalue weighted by molar-refractivity contribution is -0.0743. The van der Waals surface area contributed by atoms with Crippen molar-refractivity contribution >= 4 is 33.2 Å². The summed E-state index contributed by atoms with van der Waals surface area (Å²) in [6.45, 7) is 0.774. The fourth-order valence-electron chi connectivity index (χ4n) is 5.87. The van der Waals surface area contributed by atoms with Gasteiger partial charge in [0.25, 0.3) is 0 Å². The van der Waals surface area contributed by atoms with Crippen molar-refractivity contribution in [2.45, 2.75) is 86.5 Å². The van der Waals surface area contributed by atoms with Crippen molar-refractivity contribution in [1.29, 1.82) is 0 Å². The van der Waals surface area contributed by atoms with Crippen molar-refractivity contribution in [2.75, 3.05) is 44.0 Å². The fraction of sp³-hybridized carbons (Fsp3) is 0.541. The summed E-state index contributed by atoms with van der Waals surface area (Å²) in [4.78, 5) is 7.32. The molecule has 2 saturated carbocycles. The average Bonchev–Trinajstić information content (AvgIpc) is 4.04. The van der Waals surface area contributed by atoms with Gasteiger partial charge in [0.05, 0.1) is 36.3 Å². The number of hydrogen-bond donors (Lipinski definition) is 4. The van der Waals surface area contributed by atoms with Crippen LogP contribution in [0.3, 0.4) is 0 Å². The van der Waals surface area contributed by atoms with Gasteiger partial charge in [-0.05, 0) is 98.7 Å². The van der Waals surface area contributed by atoms with Crippen LogP contribution in [-0.4, -0.2) is 107 Å². The fourth-order valence-corrected chi connectivity index (χ4v) is 7.61. The van der Waals surface area contributed by atoms with Crippen LogP contribution in [0.1, 0.15) is 56.1 Å². The molecule has 2 fully saturated rings. The molecule has 3 unspecified atom stereocenters. The summed E-state index contributed by atoms with van der Waals surface area (Å²) in [5, 5.41) is 40.3. The number of sulfone groups is 1. The Bertz CT molecular complexity index is 1650. The van der Waals surface area contributed by atoms with Crippen molar-refractivity contribution in [3.8, 4) is 16.9 Å². The molecule has 0 saturated heterocycles. The highest BCUT2D eigenvalue weighted by Crippen LogP contribution is 2.53. The number of rotatable bonds is 22. The van der Waals surface area contributed by atoms with E-state index in [-0.39, 0.29) is 31.9 Å². The monoisotopic (exact) mass is 748 g/mol. The van der Waals surface area contributed by atoms with Gasteiger partial charge < -0.3 is 29.9 Å². The van der Waals surface area contributed by atoms with Gasteiger partial charge in [0.15, 0.2) is 0 Å². The molecule has 2 aromatic carbocycles. The van der Waals surface area contributed by atoms with E-state index in [9.17, 15) is 23.7 Å². The van der Waals surface area contributed by atoms with Gasteiger partial charge in [-0.3, -0.25) is 9.88 Å². The number of aromatic nitrogens is 1. The first-order valence-corrected chi connectivity index (χ1v) is 20.7. The number of thioether (sulfide) groups is 1. The maximum absolute atomic E-state index is 11.8. The van der Waals surface area contributed by atoms with E-state index in [4.69, 9.17) is 26.2 Å². The highest BCUT2D eigenvalue weighted by Gasteiger charge is 2.48. The van der Waals surface area contributed by atoms with Crippen LogP contribution >= 0.6 is 23.4 Å². The number of nitrogens with zero attached hydrogens (tertiary/aromatic N) is 2. The number of para-hydroxylation sites is 1.